The van der Waals surface area contributed by atoms with Gasteiger partial charge in [-0.3, -0.25) is 20.2 Å². The third kappa shape index (κ3) is 6.76. The molecule has 0 saturated heterocycles. The summed E-state index contributed by atoms with van der Waals surface area (Å²) in [6, 6.07) is 2.45. The number of imidazole rings is 1. The number of hydrogen-bond donors (Lipinski definition) is 2. The van der Waals surface area contributed by atoms with Crippen LogP contribution in [-0.2, 0) is 17.6 Å². The molecular weight excluding hydrogens is 414 g/mol. The van der Waals surface area contributed by atoms with E-state index in [9.17, 15) is 29.8 Å². The number of non-ortho nitro benzene ring substituents is 1. The molecule has 0 radical (unpaired) electrons. The maximum atomic E-state index is 12.2. The Bertz CT molecular complexity index is 1010. The lowest BCUT2D eigenvalue weighted by atomic mass is 10.00. The predicted molar refractivity (Wildman–Crippen MR) is 106 cm³/mol. The number of benzene rings is 1. The highest BCUT2D eigenvalue weighted by molar-refractivity contribution is 5.68. The maximum absolute atomic E-state index is 12.2. The van der Waals surface area contributed by atoms with E-state index in [-0.39, 0.29) is 18.4 Å². The zero-order valence-corrected chi connectivity index (χ0v) is 17.0. The van der Waals surface area contributed by atoms with Crippen molar-refractivity contribution in [1.29, 1.82) is 0 Å². The monoisotopic (exact) mass is 435 g/mol. The minimum absolute atomic E-state index is 0.0354. The normalized spacial score (nSPS) is 12.1. The minimum atomic E-state index is -1.25. The van der Waals surface area contributed by atoms with Gasteiger partial charge in [0.1, 0.15) is 11.9 Å². The van der Waals surface area contributed by atoms with Crippen LogP contribution in [0, 0.1) is 20.2 Å². The summed E-state index contributed by atoms with van der Waals surface area (Å²) in [4.78, 5) is 48.1. The molecule has 31 heavy (non-hydrogen) atoms. The number of nitro benzene ring substituents is 2. The quantitative estimate of drug-likeness (QED) is 0.488. The molecule has 2 rings (SSSR count). The van der Waals surface area contributed by atoms with Crippen molar-refractivity contribution in [2.24, 2.45) is 0 Å². The fourth-order valence-electron chi connectivity index (χ4n) is 2.75. The van der Waals surface area contributed by atoms with E-state index in [1.165, 1.54) is 12.3 Å². The van der Waals surface area contributed by atoms with Crippen LogP contribution in [0.3, 0.4) is 0 Å². The second-order valence-electron chi connectivity index (χ2n) is 7.63. The van der Waals surface area contributed by atoms with Crippen LogP contribution in [0.5, 0.6) is 0 Å². The van der Waals surface area contributed by atoms with E-state index < -0.39 is 45.1 Å². The first-order valence-corrected chi connectivity index (χ1v) is 9.03. The summed E-state index contributed by atoms with van der Waals surface area (Å²) in [6.07, 6.45) is 0.259. The number of rotatable bonds is 7. The Morgan fingerprint density at radius 3 is 2.42 bits per heavy atom. The van der Waals surface area contributed by atoms with Crippen LogP contribution in [0.1, 0.15) is 32.0 Å². The van der Waals surface area contributed by atoms with E-state index in [0.29, 0.717) is 5.69 Å². The second-order valence-corrected chi connectivity index (χ2v) is 7.63. The highest BCUT2D eigenvalue weighted by Gasteiger charge is 2.25. The highest BCUT2D eigenvalue weighted by atomic mass is 16.6. The van der Waals surface area contributed by atoms with Crippen molar-refractivity contribution in [1.82, 2.24) is 14.9 Å². The van der Waals surface area contributed by atoms with E-state index in [1.807, 2.05) is 0 Å². The summed E-state index contributed by atoms with van der Waals surface area (Å²) < 4.78 is 6.05. The Morgan fingerprint density at radius 2 is 1.90 bits per heavy atom. The SMILES string of the molecule is CC(C)(C)OC(=O)N[C@@H](Cc1cn(C(=O)O)cn1)Cc1ccc([N+](=O)[O-])cc1[N+](=O)[O-]. The molecule has 0 bridgehead atoms. The summed E-state index contributed by atoms with van der Waals surface area (Å²) in [5.74, 6) is 0. The van der Waals surface area contributed by atoms with Crippen molar-refractivity contribution >= 4 is 23.6 Å². The molecule has 166 valence electrons. The van der Waals surface area contributed by atoms with Gasteiger partial charge in [-0.05, 0) is 33.3 Å². The summed E-state index contributed by atoms with van der Waals surface area (Å²) in [5, 5.41) is 34.0. The largest absolute Gasteiger partial charge is 0.464 e. The summed E-state index contributed by atoms with van der Waals surface area (Å²) in [6.45, 7) is 4.99. The molecule has 1 amide bonds. The number of carbonyl (C=O) groups excluding carboxylic acids is 1. The molecule has 0 unspecified atom stereocenters. The Hall–Kier alpha value is -4.03. The molecule has 0 aliphatic rings. The first-order chi connectivity index (χ1) is 14.4. The van der Waals surface area contributed by atoms with Crippen molar-refractivity contribution in [3.8, 4) is 0 Å². The van der Waals surface area contributed by atoms with Crippen molar-refractivity contribution < 1.29 is 29.3 Å². The molecule has 1 atom stereocenters. The molecule has 1 aromatic carbocycles. The number of hydrogen-bond acceptors (Lipinski definition) is 8. The number of carbonyl (C=O) groups is 2. The van der Waals surface area contributed by atoms with E-state index in [2.05, 4.69) is 10.3 Å². The van der Waals surface area contributed by atoms with Gasteiger partial charge in [-0.1, -0.05) is 0 Å². The number of ether oxygens (including phenoxy) is 1. The average molecular weight is 435 g/mol. The fourth-order valence-corrected chi connectivity index (χ4v) is 2.75. The van der Waals surface area contributed by atoms with Crippen LogP contribution in [0.2, 0.25) is 0 Å². The molecule has 0 fully saturated rings. The molecule has 2 N–H and O–H groups in total. The van der Waals surface area contributed by atoms with Gasteiger partial charge in [-0.2, -0.15) is 0 Å². The van der Waals surface area contributed by atoms with Gasteiger partial charge in [0.05, 0.1) is 21.6 Å². The van der Waals surface area contributed by atoms with Crippen LogP contribution in [0.15, 0.2) is 30.7 Å². The number of nitro groups is 2. The molecule has 13 nitrogen and oxygen atoms in total. The molecular formula is C18H21N5O8. The molecule has 13 heteroatoms. The van der Waals surface area contributed by atoms with Crippen molar-refractivity contribution in [2.75, 3.05) is 0 Å². The molecule has 1 aromatic heterocycles. The third-order valence-electron chi connectivity index (χ3n) is 3.98. The minimum Gasteiger partial charge on any atom is -0.464 e. The van der Waals surface area contributed by atoms with Gasteiger partial charge in [0.15, 0.2) is 0 Å². The number of alkyl carbamates (subject to hydrolysis) is 1. The molecule has 1 heterocycles. The predicted octanol–water partition coefficient (Wildman–Crippen LogP) is 2.90. The molecule has 0 aliphatic heterocycles. The zero-order chi connectivity index (χ0) is 23.3. The third-order valence-corrected chi connectivity index (χ3v) is 3.98. The molecule has 0 aliphatic carbocycles. The Kier molecular flexibility index (Phi) is 6.89. The van der Waals surface area contributed by atoms with Crippen LogP contribution in [0.25, 0.3) is 0 Å². The van der Waals surface area contributed by atoms with Gasteiger partial charge in [0, 0.05) is 30.3 Å². The lowest BCUT2D eigenvalue weighted by Gasteiger charge is -2.23. The van der Waals surface area contributed by atoms with E-state index >= 15 is 0 Å². The van der Waals surface area contributed by atoms with Gasteiger partial charge in [-0.25, -0.2) is 19.1 Å². The Morgan fingerprint density at radius 1 is 1.23 bits per heavy atom. The van der Waals surface area contributed by atoms with Crippen LogP contribution in [-0.4, -0.2) is 48.3 Å². The fraction of sp³-hybridized carbons (Fsp3) is 0.389. The zero-order valence-electron chi connectivity index (χ0n) is 17.0. The molecule has 0 spiro atoms. The summed E-state index contributed by atoms with van der Waals surface area (Å²) >= 11 is 0. The van der Waals surface area contributed by atoms with E-state index in [1.54, 1.807) is 20.8 Å². The Balaban J connectivity index is 2.33. The van der Waals surface area contributed by atoms with Gasteiger partial charge in [-0.15, -0.1) is 0 Å². The standard InChI is InChI=1S/C18H21N5O8/c1-18(2,3)31-16(24)20-12(7-13-9-21(10-19-13)17(25)26)6-11-4-5-14(22(27)28)8-15(11)23(29)30/h4-5,8-10,12H,6-7H2,1-3H3,(H,20,24)(H,25,26)/t12-/m1/s1. The smallest absolute Gasteiger partial charge is 0.416 e. The van der Waals surface area contributed by atoms with E-state index in [4.69, 9.17) is 9.84 Å². The lowest BCUT2D eigenvalue weighted by Crippen LogP contribution is -2.41. The lowest BCUT2D eigenvalue weighted by molar-refractivity contribution is -0.394. The second kappa shape index (κ2) is 9.19. The number of nitrogens with one attached hydrogen (secondary N) is 1. The number of nitrogens with zero attached hydrogens (tertiary/aromatic N) is 4. The van der Waals surface area contributed by atoms with Crippen LogP contribution in [0.4, 0.5) is 21.0 Å². The van der Waals surface area contributed by atoms with Crippen LogP contribution < -0.4 is 5.32 Å². The van der Waals surface area contributed by atoms with Crippen molar-refractivity contribution in [3.63, 3.8) is 0 Å². The average Bonchev–Trinajstić information content (AvgIpc) is 3.08. The van der Waals surface area contributed by atoms with Gasteiger partial charge < -0.3 is 15.2 Å². The maximum Gasteiger partial charge on any atom is 0.416 e. The first kappa shape index (κ1) is 23.3. The number of carboxylic acid groups (broad SMARTS) is 1. The van der Waals surface area contributed by atoms with Gasteiger partial charge >= 0.3 is 12.2 Å². The van der Waals surface area contributed by atoms with Crippen LogP contribution >= 0.6 is 0 Å². The topological polar surface area (TPSA) is 180 Å². The molecule has 2 aromatic rings. The number of amides is 1. The highest BCUT2D eigenvalue weighted by Crippen LogP contribution is 2.26. The van der Waals surface area contributed by atoms with Gasteiger partial charge in [0.2, 0.25) is 0 Å². The summed E-state index contributed by atoms with van der Waals surface area (Å²) in [5.41, 5.74) is -1.24. The molecule has 0 saturated carbocycles. The Labute approximate surface area is 175 Å². The van der Waals surface area contributed by atoms with Crippen molar-refractivity contribution in [3.05, 3.63) is 62.2 Å². The van der Waals surface area contributed by atoms with Gasteiger partial charge in [0.25, 0.3) is 11.4 Å². The van der Waals surface area contributed by atoms with Crippen molar-refractivity contribution in [2.45, 2.75) is 45.3 Å². The van der Waals surface area contributed by atoms with E-state index in [0.717, 1.165) is 23.0 Å². The number of aromatic nitrogens is 2. The first-order valence-electron chi connectivity index (χ1n) is 9.03. The summed E-state index contributed by atoms with van der Waals surface area (Å²) in [7, 11) is 0.